The third-order valence-corrected chi connectivity index (χ3v) is 1.84. The minimum atomic E-state index is -1.14. The number of nitrogens with zero attached hydrogens (tertiary/aromatic N) is 1. The highest BCUT2D eigenvalue weighted by Gasteiger charge is 2.25. The van der Waals surface area contributed by atoms with Crippen molar-refractivity contribution < 1.29 is 29.3 Å². The number of carbonyl (C=O) groups excluding carboxylic acids is 2. The summed E-state index contributed by atoms with van der Waals surface area (Å²) in [5.74, 6) is -0.633. The van der Waals surface area contributed by atoms with Gasteiger partial charge in [0.15, 0.2) is 0 Å². The maximum absolute atomic E-state index is 11.8. The normalized spacial score (nSPS) is 12.8. The van der Waals surface area contributed by atoms with Crippen molar-refractivity contribution in [3.63, 3.8) is 0 Å². The van der Waals surface area contributed by atoms with Crippen LogP contribution in [-0.4, -0.2) is 65.7 Å². The number of hydrogen-bond acceptors (Lipinski definition) is 6. The van der Waals surface area contributed by atoms with E-state index in [0.29, 0.717) is 0 Å². The minimum absolute atomic E-state index is 0.208. The van der Waals surface area contributed by atoms with Crippen molar-refractivity contribution in [2.75, 3.05) is 26.8 Å². The average molecular weight is 263 g/mol. The predicted molar refractivity (Wildman–Crippen MR) is 62.9 cm³/mol. The highest BCUT2D eigenvalue weighted by Crippen LogP contribution is 2.10. The molecule has 106 valence electrons. The van der Waals surface area contributed by atoms with Gasteiger partial charge in [0.05, 0.1) is 26.4 Å². The molecule has 18 heavy (non-hydrogen) atoms. The summed E-state index contributed by atoms with van der Waals surface area (Å²) in [5, 5.41) is 18.1. The molecule has 0 saturated heterocycles. The molecule has 0 spiro atoms. The van der Waals surface area contributed by atoms with E-state index >= 15 is 0 Å². The molecule has 0 aromatic carbocycles. The van der Waals surface area contributed by atoms with E-state index in [9.17, 15) is 14.7 Å². The lowest BCUT2D eigenvalue weighted by Crippen LogP contribution is -2.44. The Kier molecular flexibility index (Phi) is 6.64. The molecule has 0 aromatic heterocycles. The highest BCUT2D eigenvalue weighted by molar-refractivity contribution is 5.78. The van der Waals surface area contributed by atoms with E-state index in [0.717, 1.165) is 4.90 Å². The molecule has 1 atom stereocenters. The summed E-state index contributed by atoms with van der Waals surface area (Å²) in [6, 6.07) is 0. The van der Waals surface area contributed by atoms with Gasteiger partial charge in [-0.25, -0.2) is 4.79 Å². The van der Waals surface area contributed by atoms with E-state index in [1.165, 1.54) is 7.11 Å². The van der Waals surface area contributed by atoms with Crippen molar-refractivity contribution in [2.45, 2.75) is 32.5 Å². The molecule has 0 aliphatic carbocycles. The lowest BCUT2D eigenvalue weighted by molar-refractivity contribution is -0.142. The van der Waals surface area contributed by atoms with Gasteiger partial charge in [0.25, 0.3) is 0 Å². The molecule has 2 N–H and O–H groups in total. The van der Waals surface area contributed by atoms with Crippen LogP contribution >= 0.6 is 0 Å². The maximum atomic E-state index is 11.8. The number of aliphatic hydroxyl groups excluding tert-OH is 2. The first-order valence-electron chi connectivity index (χ1n) is 5.53. The summed E-state index contributed by atoms with van der Waals surface area (Å²) >= 11 is 0. The third kappa shape index (κ3) is 7.08. The van der Waals surface area contributed by atoms with Crippen molar-refractivity contribution in [3.8, 4) is 0 Å². The van der Waals surface area contributed by atoms with Crippen molar-refractivity contribution in [1.29, 1.82) is 0 Å². The first kappa shape index (κ1) is 16.7. The molecular formula is C11H21NO6. The standard InChI is InChI=1S/C11H21NO6/c1-11(2,3)18-10(16)12(5-8(14)7-13)6-9(15)17-4/h8,13-14H,5-7H2,1-4H3/t8-/m1/s1. The van der Waals surface area contributed by atoms with Gasteiger partial charge in [0, 0.05) is 0 Å². The molecule has 1 amide bonds. The van der Waals surface area contributed by atoms with Crippen LogP contribution in [0.25, 0.3) is 0 Å². The molecule has 0 fully saturated rings. The molecule has 0 saturated carbocycles. The molecule has 0 aromatic rings. The SMILES string of the molecule is COC(=O)CN(C[C@@H](O)CO)C(=O)OC(C)(C)C. The number of aliphatic hydroxyl groups is 2. The van der Waals surface area contributed by atoms with E-state index in [-0.39, 0.29) is 13.1 Å². The van der Waals surface area contributed by atoms with E-state index in [1.54, 1.807) is 20.8 Å². The Balaban J connectivity index is 4.63. The summed E-state index contributed by atoms with van der Waals surface area (Å²) in [4.78, 5) is 23.9. The molecule has 0 rings (SSSR count). The molecule has 7 nitrogen and oxygen atoms in total. The molecule has 0 bridgehead atoms. The molecule has 0 aliphatic rings. The Hall–Kier alpha value is -1.34. The number of esters is 1. The van der Waals surface area contributed by atoms with Gasteiger partial charge in [0.2, 0.25) is 0 Å². The van der Waals surface area contributed by atoms with E-state index < -0.39 is 30.4 Å². The quantitative estimate of drug-likeness (QED) is 0.664. The number of carbonyl (C=O) groups is 2. The summed E-state index contributed by atoms with van der Waals surface area (Å²) in [7, 11) is 1.19. The summed E-state index contributed by atoms with van der Waals surface area (Å²) in [6.07, 6.45) is -1.89. The van der Waals surface area contributed by atoms with Gasteiger partial charge in [-0.3, -0.25) is 9.69 Å². The monoisotopic (exact) mass is 263 g/mol. The first-order valence-corrected chi connectivity index (χ1v) is 5.53. The Labute approximate surface area is 106 Å². The van der Waals surface area contributed by atoms with Gasteiger partial charge in [-0.1, -0.05) is 0 Å². The van der Waals surface area contributed by atoms with Gasteiger partial charge in [-0.05, 0) is 20.8 Å². The average Bonchev–Trinajstić information content (AvgIpc) is 2.25. The zero-order chi connectivity index (χ0) is 14.3. The van der Waals surface area contributed by atoms with Crippen LogP contribution in [0.5, 0.6) is 0 Å². The lowest BCUT2D eigenvalue weighted by atomic mass is 10.2. The van der Waals surface area contributed by atoms with Gasteiger partial charge >= 0.3 is 12.1 Å². The topological polar surface area (TPSA) is 96.3 Å². The van der Waals surface area contributed by atoms with Crippen LogP contribution in [0.1, 0.15) is 20.8 Å². The second-order valence-electron chi connectivity index (χ2n) is 4.77. The molecule has 0 unspecified atom stereocenters. The zero-order valence-corrected chi connectivity index (χ0v) is 11.2. The fourth-order valence-corrected chi connectivity index (χ4v) is 1.06. The lowest BCUT2D eigenvalue weighted by Gasteiger charge is -2.27. The largest absolute Gasteiger partial charge is 0.468 e. The molecule has 0 radical (unpaired) electrons. The number of hydrogen-bond donors (Lipinski definition) is 2. The van der Waals surface area contributed by atoms with Gasteiger partial charge in [0.1, 0.15) is 12.1 Å². The fraction of sp³-hybridized carbons (Fsp3) is 0.818. The Morgan fingerprint density at radius 2 is 1.89 bits per heavy atom. The molecule has 7 heteroatoms. The van der Waals surface area contributed by atoms with Gasteiger partial charge < -0.3 is 19.7 Å². The fourth-order valence-electron chi connectivity index (χ4n) is 1.06. The Morgan fingerprint density at radius 3 is 2.28 bits per heavy atom. The Bertz CT molecular complexity index is 286. The minimum Gasteiger partial charge on any atom is -0.468 e. The van der Waals surface area contributed by atoms with Gasteiger partial charge in [-0.2, -0.15) is 0 Å². The van der Waals surface area contributed by atoms with E-state index in [2.05, 4.69) is 4.74 Å². The molecular weight excluding hydrogens is 242 g/mol. The van der Waals surface area contributed by atoms with Crippen molar-refractivity contribution in [3.05, 3.63) is 0 Å². The summed E-state index contributed by atoms with van der Waals surface area (Å²) in [5.41, 5.74) is -0.713. The van der Waals surface area contributed by atoms with Crippen molar-refractivity contribution in [1.82, 2.24) is 4.90 Å². The zero-order valence-electron chi connectivity index (χ0n) is 11.2. The van der Waals surface area contributed by atoms with E-state index in [1.807, 2.05) is 0 Å². The van der Waals surface area contributed by atoms with Crippen LogP contribution in [0.15, 0.2) is 0 Å². The Morgan fingerprint density at radius 1 is 1.33 bits per heavy atom. The second kappa shape index (κ2) is 7.17. The van der Waals surface area contributed by atoms with Crippen LogP contribution in [0.2, 0.25) is 0 Å². The van der Waals surface area contributed by atoms with Crippen molar-refractivity contribution >= 4 is 12.1 Å². The first-order chi connectivity index (χ1) is 8.19. The smallest absolute Gasteiger partial charge is 0.410 e. The predicted octanol–water partition coefficient (Wildman–Crippen LogP) is -0.250. The summed E-state index contributed by atoms with van der Waals surface area (Å²) in [6.45, 7) is 3.99. The molecule has 0 aliphatic heterocycles. The maximum Gasteiger partial charge on any atom is 0.410 e. The van der Waals surface area contributed by atoms with Gasteiger partial charge in [-0.15, -0.1) is 0 Å². The number of amides is 1. The second-order valence-corrected chi connectivity index (χ2v) is 4.77. The van der Waals surface area contributed by atoms with Crippen molar-refractivity contribution in [2.24, 2.45) is 0 Å². The van der Waals surface area contributed by atoms with Crippen LogP contribution in [0, 0.1) is 0 Å². The number of ether oxygens (including phenoxy) is 2. The third-order valence-electron chi connectivity index (χ3n) is 1.84. The van der Waals surface area contributed by atoms with Crippen LogP contribution in [0.3, 0.4) is 0 Å². The van der Waals surface area contributed by atoms with Crippen LogP contribution in [-0.2, 0) is 14.3 Å². The summed E-state index contributed by atoms with van der Waals surface area (Å²) < 4.78 is 9.52. The highest BCUT2D eigenvalue weighted by atomic mass is 16.6. The van der Waals surface area contributed by atoms with Crippen LogP contribution in [0.4, 0.5) is 4.79 Å². The van der Waals surface area contributed by atoms with E-state index in [4.69, 9.17) is 9.84 Å². The number of methoxy groups -OCH3 is 1. The molecule has 0 heterocycles. The van der Waals surface area contributed by atoms with Crippen LogP contribution < -0.4 is 0 Å². The number of rotatable bonds is 5.